The third-order valence-electron chi connectivity index (χ3n) is 3.57. The average Bonchev–Trinajstić information content (AvgIpc) is 2.82. The minimum absolute atomic E-state index is 0.0225. The van der Waals surface area contributed by atoms with Gasteiger partial charge in [0, 0.05) is 37.2 Å². The van der Waals surface area contributed by atoms with Gasteiger partial charge in [-0.2, -0.15) is 0 Å². The molecule has 3 heteroatoms. The van der Waals surface area contributed by atoms with Gasteiger partial charge in [0.25, 0.3) is 0 Å². The minimum atomic E-state index is -0.0225. The van der Waals surface area contributed by atoms with Crippen LogP contribution in [0, 0.1) is 0 Å². The molecule has 18 heavy (non-hydrogen) atoms. The number of carbonyl (C=O) groups excluding carboxylic acids is 1. The summed E-state index contributed by atoms with van der Waals surface area (Å²) in [5, 5.41) is 1.00. The Kier molecular flexibility index (Phi) is 2.82. The van der Waals surface area contributed by atoms with Gasteiger partial charge in [0.1, 0.15) is 5.58 Å². The lowest BCUT2D eigenvalue weighted by Gasteiger charge is -2.28. The highest BCUT2D eigenvalue weighted by Crippen LogP contribution is 2.27. The average molecular weight is 243 g/mol. The molecule has 0 bridgehead atoms. The van der Waals surface area contributed by atoms with Crippen LogP contribution in [0.2, 0.25) is 0 Å². The number of benzene rings is 1. The van der Waals surface area contributed by atoms with E-state index in [-0.39, 0.29) is 5.78 Å². The van der Waals surface area contributed by atoms with Crippen molar-refractivity contribution in [3.8, 4) is 0 Å². The van der Waals surface area contributed by atoms with Crippen LogP contribution >= 0.6 is 0 Å². The first-order chi connectivity index (χ1) is 8.74. The Morgan fingerprint density at radius 1 is 1.17 bits per heavy atom. The monoisotopic (exact) mass is 243 g/mol. The van der Waals surface area contributed by atoms with E-state index in [1.807, 2.05) is 18.2 Å². The smallest absolute Gasteiger partial charge is 0.194 e. The lowest BCUT2D eigenvalue weighted by molar-refractivity contribution is 0.0989. The van der Waals surface area contributed by atoms with Crippen LogP contribution in [0.1, 0.15) is 36.7 Å². The van der Waals surface area contributed by atoms with E-state index in [1.165, 1.54) is 31.9 Å². The number of ketones is 1. The molecule has 1 saturated heterocycles. The van der Waals surface area contributed by atoms with Gasteiger partial charge in [0.15, 0.2) is 11.5 Å². The fourth-order valence-electron chi connectivity index (χ4n) is 2.54. The predicted molar refractivity (Wildman–Crippen MR) is 72.3 cm³/mol. The zero-order chi connectivity index (χ0) is 12.5. The van der Waals surface area contributed by atoms with E-state index in [1.54, 1.807) is 0 Å². The molecule has 0 radical (unpaired) electrons. The van der Waals surface area contributed by atoms with Gasteiger partial charge in [0.05, 0.1) is 0 Å². The first-order valence-electron chi connectivity index (χ1n) is 6.53. The Hall–Kier alpha value is -1.77. The van der Waals surface area contributed by atoms with Crippen LogP contribution in [-0.4, -0.2) is 18.9 Å². The maximum atomic E-state index is 11.3. The lowest BCUT2D eigenvalue weighted by atomic mass is 10.1. The largest absolute Gasteiger partial charge is 0.453 e. The maximum Gasteiger partial charge on any atom is 0.194 e. The van der Waals surface area contributed by atoms with Gasteiger partial charge in [-0.3, -0.25) is 4.79 Å². The number of Topliss-reactive ketones (excluding diaryl/α,β-unsaturated/α-hetero) is 1. The van der Waals surface area contributed by atoms with Crippen LogP contribution in [0.15, 0.2) is 28.7 Å². The molecule has 94 valence electrons. The van der Waals surface area contributed by atoms with Crippen LogP contribution in [0.3, 0.4) is 0 Å². The number of rotatable bonds is 2. The molecule has 3 nitrogen and oxygen atoms in total. The van der Waals surface area contributed by atoms with Crippen LogP contribution in [0.25, 0.3) is 11.0 Å². The van der Waals surface area contributed by atoms with Crippen molar-refractivity contribution in [3.63, 3.8) is 0 Å². The third-order valence-corrected chi connectivity index (χ3v) is 3.57. The molecular formula is C15H17NO2. The first-order valence-corrected chi connectivity index (χ1v) is 6.53. The zero-order valence-electron chi connectivity index (χ0n) is 10.6. The highest BCUT2D eigenvalue weighted by molar-refractivity contribution is 5.96. The van der Waals surface area contributed by atoms with E-state index < -0.39 is 0 Å². The molecule has 0 spiro atoms. The highest BCUT2D eigenvalue weighted by atomic mass is 16.3. The van der Waals surface area contributed by atoms with Crippen molar-refractivity contribution in [2.24, 2.45) is 0 Å². The van der Waals surface area contributed by atoms with Gasteiger partial charge in [-0.05, 0) is 37.5 Å². The molecule has 1 aromatic heterocycles. The van der Waals surface area contributed by atoms with Crippen molar-refractivity contribution < 1.29 is 9.21 Å². The van der Waals surface area contributed by atoms with Gasteiger partial charge in [-0.1, -0.05) is 0 Å². The van der Waals surface area contributed by atoms with Crippen molar-refractivity contribution in [3.05, 3.63) is 30.0 Å². The van der Waals surface area contributed by atoms with Crippen molar-refractivity contribution in [2.45, 2.75) is 26.2 Å². The molecule has 0 saturated carbocycles. The summed E-state index contributed by atoms with van der Waals surface area (Å²) in [6, 6.07) is 8.02. The lowest BCUT2D eigenvalue weighted by Crippen LogP contribution is -2.29. The number of anilines is 1. The molecule has 1 aromatic carbocycles. The van der Waals surface area contributed by atoms with Gasteiger partial charge in [-0.25, -0.2) is 0 Å². The summed E-state index contributed by atoms with van der Waals surface area (Å²) in [5.74, 6) is 0.423. The number of hydrogen-bond acceptors (Lipinski definition) is 3. The van der Waals surface area contributed by atoms with Crippen molar-refractivity contribution in [1.29, 1.82) is 0 Å². The van der Waals surface area contributed by atoms with E-state index in [9.17, 15) is 4.79 Å². The Morgan fingerprint density at radius 2 is 1.94 bits per heavy atom. The molecule has 1 aliphatic heterocycles. The molecular weight excluding hydrogens is 226 g/mol. The van der Waals surface area contributed by atoms with E-state index in [4.69, 9.17) is 4.42 Å². The normalized spacial score (nSPS) is 16.2. The number of fused-ring (bicyclic) bond motifs is 1. The molecule has 0 atom stereocenters. The third kappa shape index (κ3) is 2.01. The van der Waals surface area contributed by atoms with Crippen molar-refractivity contribution >= 4 is 22.4 Å². The molecule has 1 fully saturated rings. The molecule has 3 rings (SSSR count). The van der Waals surface area contributed by atoms with Crippen LogP contribution < -0.4 is 4.90 Å². The topological polar surface area (TPSA) is 33.5 Å². The van der Waals surface area contributed by atoms with Gasteiger partial charge >= 0.3 is 0 Å². The number of hydrogen-bond donors (Lipinski definition) is 0. The molecule has 0 amide bonds. The Bertz CT molecular complexity index is 579. The van der Waals surface area contributed by atoms with Crippen LogP contribution in [-0.2, 0) is 0 Å². The van der Waals surface area contributed by atoms with Gasteiger partial charge in [-0.15, -0.1) is 0 Å². The van der Waals surface area contributed by atoms with E-state index in [2.05, 4.69) is 11.0 Å². The number of nitrogens with zero attached hydrogens (tertiary/aromatic N) is 1. The fraction of sp³-hybridized carbons (Fsp3) is 0.400. The Labute approximate surface area is 106 Å². The molecule has 1 aliphatic rings. The minimum Gasteiger partial charge on any atom is -0.453 e. The molecule has 2 aromatic rings. The summed E-state index contributed by atoms with van der Waals surface area (Å²) in [6.45, 7) is 3.76. The first kappa shape index (κ1) is 11.3. The van der Waals surface area contributed by atoms with Crippen LogP contribution in [0.4, 0.5) is 5.69 Å². The number of carbonyl (C=O) groups is 1. The van der Waals surface area contributed by atoms with E-state index in [0.29, 0.717) is 5.76 Å². The molecule has 2 heterocycles. The second-order valence-corrected chi connectivity index (χ2v) is 4.94. The van der Waals surface area contributed by atoms with Crippen molar-refractivity contribution in [1.82, 2.24) is 0 Å². The van der Waals surface area contributed by atoms with E-state index in [0.717, 1.165) is 24.1 Å². The summed E-state index contributed by atoms with van der Waals surface area (Å²) in [5.41, 5.74) is 2.01. The standard InChI is InChI=1S/C15H17NO2/c1-11(17)14-9-12-5-6-13(10-15(12)18-14)16-7-3-2-4-8-16/h5-6,9-10H,2-4,7-8H2,1H3. The summed E-state index contributed by atoms with van der Waals surface area (Å²) in [6.07, 6.45) is 3.84. The molecule has 0 aliphatic carbocycles. The maximum absolute atomic E-state index is 11.3. The molecule has 0 unspecified atom stereocenters. The summed E-state index contributed by atoms with van der Waals surface area (Å²) < 4.78 is 5.58. The summed E-state index contributed by atoms with van der Waals surface area (Å²) in [4.78, 5) is 13.7. The Balaban J connectivity index is 1.96. The number of furan rings is 1. The highest BCUT2D eigenvalue weighted by Gasteiger charge is 2.13. The SMILES string of the molecule is CC(=O)c1cc2ccc(N3CCCCC3)cc2o1. The predicted octanol–water partition coefficient (Wildman–Crippen LogP) is 3.63. The summed E-state index contributed by atoms with van der Waals surface area (Å²) in [7, 11) is 0. The second kappa shape index (κ2) is 4.48. The number of piperidine rings is 1. The van der Waals surface area contributed by atoms with Crippen LogP contribution in [0.5, 0.6) is 0 Å². The quantitative estimate of drug-likeness (QED) is 0.755. The van der Waals surface area contributed by atoms with Gasteiger partial charge in [0.2, 0.25) is 0 Å². The van der Waals surface area contributed by atoms with Crippen molar-refractivity contribution in [2.75, 3.05) is 18.0 Å². The molecule has 0 N–H and O–H groups in total. The summed E-state index contributed by atoms with van der Waals surface area (Å²) >= 11 is 0. The van der Waals surface area contributed by atoms with Gasteiger partial charge < -0.3 is 9.32 Å². The second-order valence-electron chi connectivity index (χ2n) is 4.94. The Morgan fingerprint density at radius 3 is 2.67 bits per heavy atom. The van der Waals surface area contributed by atoms with E-state index >= 15 is 0 Å². The fourth-order valence-corrected chi connectivity index (χ4v) is 2.54. The zero-order valence-corrected chi connectivity index (χ0v) is 10.6.